The number of carboxylic acid groups (broad SMARTS) is 2. The van der Waals surface area contributed by atoms with Crippen LogP contribution in [0.4, 0.5) is 0 Å². The smallest absolute Gasteiger partial charge is 0.334 e. The largest absolute Gasteiger partial charge is 0.481 e. The molecule has 20 heavy (non-hydrogen) atoms. The van der Waals surface area contributed by atoms with Gasteiger partial charge in [-0.25, -0.2) is 9.59 Å². The Labute approximate surface area is 111 Å². The number of aromatic nitrogens is 2. The van der Waals surface area contributed by atoms with Crippen molar-refractivity contribution in [1.82, 2.24) is 9.55 Å². The van der Waals surface area contributed by atoms with Gasteiger partial charge in [-0.2, -0.15) is 0 Å². The summed E-state index contributed by atoms with van der Waals surface area (Å²) in [7, 11) is 0. The van der Waals surface area contributed by atoms with Crippen molar-refractivity contribution in [2.45, 2.75) is 25.7 Å². The third-order valence-electron chi connectivity index (χ3n) is 3.34. The highest BCUT2D eigenvalue weighted by Gasteiger charge is 2.55. The first kappa shape index (κ1) is 14.0. The van der Waals surface area contributed by atoms with Gasteiger partial charge in [0.25, 0.3) is 5.56 Å². The number of ether oxygens (including phenoxy) is 1. The molecule has 1 fully saturated rings. The van der Waals surface area contributed by atoms with Crippen LogP contribution in [0.5, 0.6) is 0 Å². The Kier molecular flexibility index (Phi) is 3.22. The van der Waals surface area contributed by atoms with Crippen LogP contribution in [0, 0.1) is 5.41 Å². The molecule has 0 amide bonds. The number of hydrogen-bond acceptors (Lipinski definition) is 5. The van der Waals surface area contributed by atoms with E-state index in [1.807, 2.05) is 4.98 Å². The highest BCUT2D eigenvalue weighted by atomic mass is 16.5. The molecular weight excluding hydrogens is 272 g/mol. The molecule has 3 atom stereocenters. The molecule has 9 heteroatoms. The Hall–Kier alpha value is -2.42. The third kappa shape index (κ3) is 2.11. The molecule has 9 nitrogen and oxygen atoms in total. The fraction of sp³-hybridized carbons (Fsp3) is 0.455. The van der Waals surface area contributed by atoms with Gasteiger partial charge >= 0.3 is 17.6 Å². The number of rotatable bonds is 3. The molecule has 0 saturated carbocycles. The molecule has 0 aliphatic carbocycles. The Morgan fingerprint density at radius 2 is 2.10 bits per heavy atom. The molecule has 108 valence electrons. The van der Waals surface area contributed by atoms with Gasteiger partial charge < -0.3 is 14.9 Å². The summed E-state index contributed by atoms with van der Waals surface area (Å²) in [6.07, 6.45) is -1.71. The van der Waals surface area contributed by atoms with E-state index >= 15 is 0 Å². The van der Waals surface area contributed by atoms with Crippen LogP contribution >= 0.6 is 0 Å². The van der Waals surface area contributed by atoms with Crippen LogP contribution < -0.4 is 11.2 Å². The van der Waals surface area contributed by atoms with E-state index < -0.39 is 40.9 Å². The highest BCUT2D eigenvalue weighted by molar-refractivity contribution is 5.85. The SMILES string of the molecule is CC1(C(=O)O)CC(n2ccc(=O)[nH]c2=O)OC1C(=O)O. The summed E-state index contributed by atoms with van der Waals surface area (Å²) in [6, 6.07) is 1.07. The van der Waals surface area contributed by atoms with Gasteiger partial charge in [0, 0.05) is 18.7 Å². The summed E-state index contributed by atoms with van der Waals surface area (Å²) in [4.78, 5) is 46.9. The summed E-state index contributed by atoms with van der Waals surface area (Å²) >= 11 is 0. The maximum absolute atomic E-state index is 11.6. The molecule has 1 aliphatic rings. The average molecular weight is 284 g/mol. The van der Waals surface area contributed by atoms with Crippen LogP contribution in [0.2, 0.25) is 0 Å². The Morgan fingerprint density at radius 1 is 1.45 bits per heavy atom. The number of nitrogens with one attached hydrogen (secondary N) is 1. The minimum Gasteiger partial charge on any atom is -0.481 e. The minimum atomic E-state index is -1.66. The molecule has 1 aromatic rings. The quantitative estimate of drug-likeness (QED) is 0.646. The summed E-state index contributed by atoms with van der Waals surface area (Å²) in [5.74, 6) is -2.75. The molecule has 1 aliphatic heterocycles. The van der Waals surface area contributed by atoms with E-state index in [0.29, 0.717) is 0 Å². The van der Waals surface area contributed by atoms with Crippen molar-refractivity contribution in [3.05, 3.63) is 33.1 Å². The summed E-state index contributed by atoms with van der Waals surface area (Å²) in [5, 5.41) is 18.2. The normalized spacial score (nSPS) is 29.2. The molecule has 0 aromatic carbocycles. The molecule has 3 unspecified atom stereocenters. The molecule has 0 radical (unpaired) electrons. The lowest BCUT2D eigenvalue weighted by Gasteiger charge is -2.20. The fourth-order valence-corrected chi connectivity index (χ4v) is 2.17. The van der Waals surface area contributed by atoms with Gasteiger partial charge in [-0.15, -0.1) is 0 Å². The number of H-pyrrole nitrogens is 1. The van der Waals surface area contributed by atoms with E-state index in [1.54, 1.807) is 0 Å². The van der Waals surface area contributed by atoms with E-state index in [2.05, 4.69) is 0 Å². The maximum Gasteiger partial charge on any atom is 0.334 e. The molecule has 2 rings (SSSR count). The van der Waals surface area contributed by atoms with Gasteiger partial charge in [0.1, 0.15) is 11.6 Å². The zero-order valence-corrected chi connectivity index (χ0v) is 10.4. The van der Waals surface area contributed by atoms with Crippen LogP contribution in [-0.2, 0) is 14.3 Å². The van der Waals surface area contributed by atoms with E-state index in [0.717, 1.165) is 16.8 Å². The number of nitrogens with zero attached hydrogens (tertiary/aromatic N) is 1. The molecule has 0 bridgehead atoms. The molecule has 1 saturated heterocycles. The van der Waals surface area contributed by atoms with Gasteiger partial charge in [0.15, 0.2) is 6.10 Å². The monoisotopic (exact) mass is 284 g/mol. The zero-order valence-electron chi connectivity index (χ0n) is 10.4. The minimum absolute atomic E-state index is 0.203. The van der Waals surface area contributed by atoms with Crippen molar-refractivity contribution >= 4 is 11.9 Å². The Morgan fingerprint density at radius 3 is 2.55 bits per heavy atom. The first-order valence-electron chi connectivity index (χ1n) is 5.69. The Bertz CT molecular complexity index is 676. The molecule has 2 heterocycles. The summed E-state index contributed by atoms with van der Waals surface area (Å²) in [5.41, 5.74) is -3.06. The van der Waals surface area contributed by atoms with Crippen molar-refractivity contribution in [3.63, 3.8) is 0 Å². The lowest BCUT2D eigenvalue weighted by atomic mass is 9.82. The average Bonchev–Trinajstić information content (AvgIpc) is 2.68. The molecule has 1 aromatic heterocycles. The zero-order chi connectivity index (χ0) is 15.1. The van der Waals surface area contributed by atoms with Crippen molar-refractivity contribution in [3.8, 4) is 0 Å². The maximum atomic E-state index is 11.6. The predicted molar refractivity (Wildman–Crippen MR) is 63.2 cm³/mol. The molecular formula is C11H12N2O7. The molecule has 3 N–H and O–H groups in total. The standard InChI is InChI=1S/C11H12N2O7/c1-11(9(17)18)4-6(20-7(11)8(15)16)13-3-2-5(14)12-10(13)19/h2-3,6-7H,4H2,1H3,(H,15,16)(H,17,18)(H,12,14,19). The van der Waals surface area contributed by atoms with Crippen LogP contribution in [0.15, 0.2) is 21.9 Å². The fourth-order valence-electron chi connectivity index (χ4n) is 2.17. The second-order valence-corrected chi connectivity index (χ2v) is 4.75. The first-order valence-corrected chi connectivity index (χ1v) is 5.69. The van der Waals surface area contributed by atoms with Crippen LogP contribution in [0.3, 0.4) is 0 Å². The van der Waals surface area contributed by atoms with Gasteiger partial charge in [-0.05, 0) is 6.92 Å². The van der Waals surface area contributed by atoms with Gasteiger partial charge in [0.2, 0.25) is 0 Å². The summed E-state index contributed by atoms with van der Waals surface area (Å²) in [6.45, 7) is 1.24. The number of aromatic amines is 1. The first-order chi connectivity index (χ1) is 9.25. The van der Waals surface area contributed by atoms with Crippen molar-refractivity contribution < 1.29 is 24.5 Å². The second kappa shape index (κ2) is 4.60. The second-order valence-electron chi connectivity index (χ2n) is 4.75. The molecule has 0 spiro atoms. The number of aliphatic carboxylic acids is 2. The summed E-state index contributed by atoms with van der Waals surface area (Å²) < 4.78 is 6.13. The van der Waals surface area contributed by atoms with E-state index in [-0.39, 0.29) is 6.42 Å². The topological polar surface area (TPSA) is 139 Å². The lowest BCUT2D eigenvalue weighted by Crippen LogP contribution is -2.41. The van der Waals surface area contributed by atoms with Crippen LogP contribution in [0.25, 0.3) is 0 Å². The Balaban J connectivity index is 2.42. The van der Waals surface area contributed by atoms with Crippen LogP contribution in [0.1, 0.15) is 19.6 Å². The number of carboxylic acids is 2. The van der Waals surface area contributed by atoms with Crippen molar-refractivity contribution in [1.29, 1.82) is 0 Å². The van der Waals surface area contributed by atoms with Gasteiger partial charge in [0.05, 0.1) is 0 Å². The van der Waals surface area contributed by atoms with Crippen LogP contribution in [-0.4, -0.2) is 37.8 Å². The third-order valence-corrected chi connectivity index (χ3v) is 3.34. The van der Waals surface area contributed by atoms with E-state index in [1.165, 1.54) is 6.92 Å². The van der Waals surface area contributed by atoms with Gasteiger partial charge in [-0.1, -0.05) is 0 Å². The van der Waals surface area contributed by atoms with E-state index in [4.69, 9.17) is 9.84 Å². The number of carbonyl (C=O) groups is 2. The van der Waals surface area contributed by atoms with Crippen molar-refractivity contribution in [2.24, 2.45) is 5.41 Å². The highest BCUT2D eigenvalue weighted by Crippen LogP contribution is 2.43. The lowest BCUT2D eigenvalue weighted by molar-refractivity contribution is -0.166. The predicted octanol–water partition coefficient (Wildman–Crippen LogP) is -1.00. The van der Waals surface area contributed by atoms with Gasteiger partial charge in [-0.3, -0.25) is 19.1 Å². The number of hydrogen-bond donors (Lipinski definition) is 3. The van der Waals surface area contributed by atoms with Crippen molar-refractivity contribution in [2.75, 3.05) is 0 Å². The van der Waals surface area contributed by atoms with E-state index in [9.17, 15) is 24.3 Å².